The first-order valence-electron chi connectivity index (χ1n) is 10.6. The molecule has 0 radical (unpaired) electrons. The van der Waals surface area contributed by atoms with Gasteiger partial charge in [0.1, 0.15) is 5.82 Å². The summed E-state index contributed by atoms with van der Waals surface area (Å²) < 4.78 is 0. The Morgan fingerprint density at radius 3 is 2.33 bits per heavy atom. The van der Waals surface area contributed by atoms with Crippen molar-refractivity contribution in [3.05, 3.63) is 58.9 Å². The first-order chi connectivity index (χ1) is 15.6. The van der Waals surface area contributed by atoms with Gasteiger partial charge >= 0.3 is 0 Å². The average Bonchev–Trinajstić information content (AvgIpc) is 3.20. The molecule has 2 aromatic carbocycles. The van der Waals surface area contributed by atoms with Crippen LogP contribution in [0, 0.1) is 0 Å². The third kappa shape index (κ3) is 8.61. The number of likely N-dealkylation sites (N-methyl/N-ethyl adjacent to an activating group) is 1. The zero-order chi connectivity index (χ0) is 25.1. The van der Waals surface area contributed by atoms with Crippen LogP contribution in [0.25, 0.3) is 11.0 Å². The molecular weight excluding hydrogens is 463 g/mol. The van der Waals surface area contributed by atoms with Gasteiger partial charge in [0, 0.05) is 30.9 Å². The quantitative estimate of drug-likeness (QED) is 0.246. The van der Waals surface area contributed by atoms with E-state index in [4.69, 9.17) is 17.3 Å². The minimum absolute atomic E-state index is 0. The van der Waals surface area contributed by atoms with Crippen molar-refractivity contribution >= 4 is 45.7 Å². The standard InChI is InChI=1S/C12H18N2O2.C11H13ClN2O.CH3Cl.H2/c1-8(15)12(14-2)11(16)7-9-5-3-4-6-10(9)13;1-6(7(2)15)11-13-9-4-3-8(12)5-10(9)14-11;1-2;/h3-6,8,12,14-15H,7,13H2,1-2H3;3-7,15H,1-2H3,(H,13,14);1H3;1H/t8-,12+;6-,7+;;/m10../s1. The number of rotatable bonds is 7. The molecule has 0 fully saturated rings. The maximum Gasteiger partial charge on any atom is 0.156 e. The summed E-state index contributed by atoms with van der Waals surface area (Å²) >= 11 is 10.5. The lowest BCUT2D eigenvalue weighted by Gasteiger charge is -2.18. The number of para-hydroxylation sites is 1. The number of carbonyl (C=O) groups is 1. The van der Waals surface area contributed by atoms with Crippen molar-refractivity contribution in [2.75, 3.05) is 19.2 Å². The number of fused-ring (bicyclic) bond motifs is 1. The largest absolute Gasteiger partial charge is 0.398 e. The second-order valence-electron chi connectivity index (χ2n) is 7.66. The second-order valence-corrected chi connectivity index (χ2v) is 8.10. The summed E-state index contributed by atoms with van der Waals surface area (Å²) in [5, 5.41) is 22.4. The zero-order valence-corrected chi connectivity index (χ0v) is 21.2. The molecule has 4 atom stereocenters. The van der Waals surface area contributed by atoms with Gasteiger partial charge in [-0.1, -0.05) is 36.7 Å². The number of H-pyrrole nitrogens is 1. The van der Waals surface area contributed by atoms with Crippen LogP contribution in [0.3, 0.4) is 0 Å². The van der Waals surface area contributed by atoms with Crippen LogP contribution in [-0.2, 0) is 11.2 Å². The number of benzene rings is 2. The number of anilines is 1. The van der Waals surface area contributed by atoms with Crippen molar-refractivity contribution < 1.29 is 16.4 Å². The molecule has 3 aromatic rings. The second kappa shape index (κ2) is 14.2. The fourth-order valence-corrected chi connectivity index (χ4v) is 3.28. The van der Waals surface area contributed by atoms with Gasteiger partial charge in [-0.25, -0.2) is 4.98 Å². The van der Waals surface area contributed by atoms with Crippen molar-refractivity contribution in [1.29, 1.82) is 0 Å². The highest BCUT2D eigenvalue weighted by Gasteiger charge is 2.22. The van der Waals surface area contributed by atoms with Gasteiger partial charge in [-0.3, -0.25) is 4.79 Å². The molecule has 7 nitrogen and oxygen atoms in total. The number of Topliss-reactive ketones (excluding diaryl/α,β-unsaturated/α-hetero) is 1. The Kier molecular flexibility index (Phi) is 12.4. The Balaban J connectivity index is 0.000000582. The van der Waals surface area contributed by atoms with E-state index in [2.05, 4.69) is 26.9 Å². The maximum atomic E-state index is 11.9. The summed E-state index contributed by atoms with van der Waals surface area (Å²) in [5.74, 6) is 0.730. The van der Waals surface area contributed by atoms with E-state index in [1.807, 2.05) is 43.3 Å². The van der Waals surface area contributed by atoms with Gasteiger partial charge in [0.15, 0.2) is 5.78 Å². The fourth-order valence-electron chi connectivity index (χ4n) is 3.11. The Hall–Kier alpha value is -2.16. The number of aromatic nitrogens is 2. The molecule has 0 aliphatic heterocycles. The topological polar surface area (TPSA) is 124 Å². The van der Waals surface area contributed by atoms with E-state index in [-0.39, 0.29) is 19.5 Å². The number of halogens is 2. The fraction of sp³-hybridized carbons (Fsp3) is 0.417. The summed E-state index contributed by atoms with van der Waals surface area (Å²) in [6.45, 7) is 5.28. The molecule has 1 aromatic heterocycles. The molecule has 1 heterocycles. The molecule has 0 saturated carbocycles. The lowest BCUT2D eigenvalue weighted by atomic mass is 9.99. The summed E-state index contributed by atoms with van der Waals surface area (Å²) in [4.78, 5) is 19.4. The molecule has 33 heavy (non-hydrogen) atoms. The Bertz CT molecular complexity index is 1010. The van der Waals surface area contributed by atoms with Crippen LogP contribution in [-0.4, -0.2) is 57.6 Å². The minimum atomic E-state index is -0.706. The molecule has 6 N–H and O–H groups in total. The number of nitrogens with one attached hydrogen (secondary N) is 2. The van der Waals surface area contributed by atoms with E-state index in [9.17, 15) is 15.0 Å². The van der Waals surface area contributed by atoms with Gasteiger partial charge in [-0.15, -0.1) is 11.6 Å². The first kappa shape index (κ1) is 28.9. The summed E-state index contributed by atoms with van der Waals surface area (Å²) in [7, 11) is 1.66. The molecule has 0 aliphatic rings. The molecule has 9 heteroatoms. The van der Waals surface area contributed by atoms with E-state index in [1.165, 1.54) is 6.38 Å². The Morgan fingerprint density at radius 1 is 1.15 bits per heavy atom. The number of imidazole rings is 1. The smallest absolute Gasteiger partial charge is 0.156 e. The SMILES string of the molecule is CCl.CN[C@H](C(=O)Cc1ccccc1N)[C@@H](C)O.C[C@H](c1nc2ccc(Cl)cc2[nH]1)[C@@H](C)O.[HH]. The third-order valence-corrected chi connectivity index (χ3v) is 5.41. The van der Waals surface area contributed by atoms with Crippen LogP contribution in [0.4, 0.5) is 5.69 Å². The van der Waals surface area contributed by atoms with Crippen LogP contribution in [0.1, 0.15) is 39.5 Å². The van der Waals surface area contributed by atoms with Crippen molar-refractivity contribution in [2.24, 2.45) is 0 Å². The minimum Gasteiger partial charge on any atom is -0.398 e. The normalized spacial score (nSPS) is 14.2. The van der Waals surface area contributed by atoms with Crippen molar-refractivity contribution in [3.8, 4) is 0 Å². The molecule has 0 bridgehead atoms. The first-order valence-corrected chi connectivity index (χ1v) is 11.7. The summed E-state index contributed by atoms with van der Waals surface area (Å²) in [6, 6.07) is 12.2. The van der Waals surface area contributed by atoms with Crippen molar-refractivity contribution in [1.82, 2.24) is 15.3 Å². The average molecular weight is 499 g/mol. The van der Waals surface area contributed by atoms with E-state index in [0.29, 0.717) is 10.7 Å². The Morgan fingerprint density at radius 2 is 1.79 bits per heavy atom. The zero-order valence-electron chi connectivity index (χ0n) is 19.6. The molecule has 0 aliphatic carbocycles. The number of hydrogen-bond donors (Lipinski definition) is 5. The number of aliphatic hydroxyl groups excluding tert-OH is 2. The van der Waals surface area contributed by atoms with Crippen molar-refractivity contribution in [2.45, 2.75) is 51.4 Å². The summed E-state index contributed by atoms with van der Waals surface area (Å²) in [6.07, 6.45) is 0.590. The van der Waals surface area contributed by atoms with E-state index in [0.717, 1.165) is 22.4 Å². The third-order valence-electron chi connectivity index (χ3n) is 5.18. The predicted octanol–water partition coefficient (Wildman–Crippen LogP) is 4.15. The number of aromatic amines is 1. The molecule has 3 rings (SSSR count). The molecule has 0 saturated heterocycles. The van der Waals surface area contributed by atoms with E-state index >= 15 is 0 Å². The van der Waals surface area contributed by atoms with Crippen LogP contribution in [0.2, 0.25) is 5.02 Å². The van der Waals surface area contributed by atoms with Gasteiger partial charge in [-0.2, -0.15) is 0 Å². The van der Waals surface area contributed by atoms with Gasteiger partial charge in [0.05, 0.1) is 29.3 Å². The number of nitrogens with zero attached hydrogens (tertiary/aromatic N) is 1. The van der Waals surface area contributed by atoms with E-state index in [1.54, 1.807) is 27.0 Å². The van der Waals surface area contributed by atoms with Crippen LogP contribution in [0.15, 0.2) is 42.5 Å². The lowest BCUT2D eigenvalue weighted by molar-refractivity contribution is -0.122. The van der Waals surface area contributed by atoms with E-state index < -0.39 is 18.2 Å². The predicted molar refractivity (Wildman–Crippen MR) is 139 cm³/mol. The van der Waals surface area contributed by atoms with Crippen LogP contribution in [0.5, 0.6) is 0 Å². The van der Waals surface area contributed by atoms with Gasteiger partial charge in [-0.05, 0) is 50.7 Å². The number of ketones is 1. The highest BCUT2D eigenvalue weighted by atomic mass is 35.5. The maximum absolute atomic E-state index is 11.9. The number of carbonyl (C=O) groups excluding carboxylic acids is 1. The molecule has 0 amide bonds. The number of nitrogen functional groups attached to an aromatic ring is 1. The monoisotopic (exact) mass is 498 g/mol. The van der Waals surface area contributed by atoms with Crippen molar-refractivity contribution in [3.63, 3.8) is 0 Å². The highest BCUT2D eigenvalue weighted by Crippen LogP contribution is 2.22. The number of hydrogen-bond acceptors (Lipinski definition) is 6. The van der Waals surface area contributed by atoms with Gasteiger partial charge in [0.2, 0.25) is 0 Å². The summed E-state index contributed by atoms with van der Waals surface area (Å²) in [5.41, 5.74) is 8.94. The van der Waals surface area contributed by atoms with Gasteiger partial charge < -0.3 is 26.2 Å². The van der Waals surface area contributed by atoms with Crippen LogP contribution < -0.4 is 11.1 Å². The van der Waals surface area contributed by atoms with Gasteiger partial charge in [0.25, 0.3) is 0 Å². The lowest BCUT2D eigenvalue weighted by Crippen LogP contribution is -2.43. The molecule has 0 spiro atoms. The van der Waals surface area contributed by atoms with Crippen LogP contribution >= 0.6 is 23.2 Å². The number of nitrogens with two attached hydrogens (primary N) is 1. The molecule has 184 valence electrons. The number of aliphatic hydroxyl groups is 2. The molecule has 0 unspecified atom stereocenters. The Labute approximate surface area is 206 Å². The number of alkyl halides is 1. The highest BCUT2D eigenvalue weighted by molar-refractivity contribution is 6.31. The molecular formula is C24H36Cl2N4O3.